The molecule has 4 aromatic heterocycles. The zero-order valence-corrected chi connectivity index (χ0v) is 38.5. The van der Waals surface area contributed by atoms with Gasteiger partial charge < -0.3 is 48.0 Å². The predicted octanol–water partition coefficient (Wildman–Crippen LogP) is 4.09. The van der Waals surface area contributed by atoms with Crippen molar-refractivity contribution in [2.45, 2.75) is 94.4 Å². The van der Waals surface area contributed by atoms with Crippen LogP contribution >= 0.6 is 15.0 Å². The summed E-state index contributed by atoms with van der Waals surface area (Å²) in [7, 11) is -6.14. The van der Waals surface area contributed by atoms with Gasteiger partial charge in [0.05, 0.1) is 45.0 Å². The van der Waals surface area contributed by atoms with Gasteiger partial charge in [-0.2, -0.15) is 5.26 Å². The Bertz CT molecular complexity index is 2670. The molecule has 5 N–H and O–H groups in total. The summed E-state index contributed by atoms with van der Waals surface area (Å²) in [5.41, 5.74) is -0.240. The third-order valence-electron chi connectivity index (χ3n) is 11.1. The molecule has 7 rings (SSSR count). The molecule has 0 bridgehead atoms. The fraction of sp³-hybridized carbons (Fsp3) is 0.486. The number of halogens is 1. The molecular formula is C37H45FN9O13P2SSi+. The molecule has 10 atom stereocenters. The number of nitriles is 1. The van der Waals surface area contributed by atoms with Crippen LogP contribution in [0.1, 0.15) is 50.0 Å². The molecule has 2 aliphatic rings. The number of fused-ring (bicyclic) bond motifs is 2. The first kappa shape index (κ1) is 47.6. The van der Waals surface area contributed by atoms with Crippen LogP contribution in [0.2, 0.25) is 18.1 Å². The molecule has 27 heteroatoms. The highest BCUT2D eigenvalue weighted by Gasteiger charge is 2.56. The minimum atomic E-state index is -4.16. The minimum Gasteiger partial charge on any atom is -0.406 e. The number of amides is 1. The van der Waals surface area contributed by atoms with Gasteiger partial charge in [0.15, 0.2) is 55.3 Å². The maximum atomic E-state index is 15.4. The van der Waals surface area contributed by atoms with E-state index in [-0.39, 0.29) is 41.0 Å². The maximum Gasteiger partial charge on any atom is 0.695 e. The summed E-state index contributed by atoms with van der Waals surface area (Å²) in [5.74, 6) is -1.32. The van der Waals surface area contributed by atoms with Gasteiger partial charge in [0.25, 0.3) is 11.5 Å². The van der Waals surface area contributed by atoms with Crippen LogP contribution < -0.4 is 10.9 Å². The van der Waals surface area contributed by atoms with E-state index in [1.807, 2.05) is 39.9 Å². The highest BCUT2D eigenvalue weighted by molar-refractivity contribution is 8.07. The number of ether oxygens (including phenoxy) is 2. The second kappa shape index (κ2) is 19.2. The minimum absolute atomic E-state index is 0.0611. The van der Waals surface area contributed by atoms with Crippen LogP contribution in [0.15, 0.2) is 60.3 Å². The lowest BCUT2D eigenvalue weighted by molar-refractivity contribution is -0.0575. The average Bonchev–Trinajstić information content (AvgIpc) is 4.00. The summed E-state index contributed by atoms with van der Waals surface area (Å²) < 4.78 is 73.8. The summed E-state index contributed by atoms with van der Waals surface area (Å²) in [6, 6.07) is 10.3. The number of H-pyrrole nitrogens is 1. The Morgan fingerprint density at radius 1 is 1.08 bits per heavy atom. The van der Waals surface area contributed by atoms with Gasteiger partial charge in [-0.25, -0.2) is 24.3 Å². The van der Waals surface area contributed by atoms with E-state index < -0.39 is 108 Å². The molecule has 22 nitrogen and oxygen atoms in total. The second-order valence-electron chi connectivity index (χ2n) is 16.2. The molecule has 0 spiro atoms. The molecule has 5 aromatic rings. The summed E-state index contributed by atoms with van der Waals surface area (Å²) in [6.45, 7) is 3.99. The third kappa shape index (κ3) is 9.76. The molecule has 0 radical (unpaired) electrons. The molecule has 2 aliphatic heterocycles. The quantitative estimate of drug-likeness (QED) is 0.0498. The highest BCUT2D eigenvalue weighted by Crippen LogP contribution is 2.55. The van der Waals surface area contributed by atoms with Crippen molar-refractivity contribution < 1.29 is 60.9 Å². The van der Waals surface area contributed by atoms with E-state index in [2.05, 4.69) is 30.2 Å². The largest absolute Gasteiger partial charge is 0.695 e. The molecule has 0 saturated carbocycles. The van der Waals surface area contributed by atoms with Gasteiger partial charge in [0.2, 0.25) is 0 Å². The Labute approximate surface area is 371 Å². The van der Waals surface area contributed by atoms with E-state index in [0.29, 0.717) is 5.56 Å². The van der Waals surface area contributed by atoms with Crippen molar-refractivity contribution in [2.75, 3.05) is 25.1 Å². The van der Waals surface area contributed by atoms with Gasteiger partial charge in [-0.05, 0) is 42.1 Å². The molecule has 5 unspecified atom stereocenters. The van der Waals surface area contributed by atoms with Crippen molar-refractivity contribution in [2.24, 2.45) is 0 Å². The van der Waals surface area contributed by atoms with Crippen molar-refractivity contribution in [3.8, 4) is 6.07 Å². The third-order valence-corrected chi connectivity index (χ3v) is 18.3. The van der Waals surface area contributed by atoms with Crippen molar-refractivity contribution in [3.05, 3.63) is 77.2 Å². The summed E-state index contributed by atoms with van der Waals surface area (Å²) in [5, 5.41) is 33.0. The normalized spacial score (nSPS) is 25.1. The Kier molecular flexibility index (Phi) is 14.3. The number of aromatic nitrogens is 7. The van der Waals surface area contributed by atoms with E-state index in [9.17, 15) is 34.5 Å². The van der Waals surface area contributed by atoms with E-state index in [1.54, 1.807) is 30.3 Å². The van der Waals surface area contributed by atoms with E-state index in [0.717, 1.165) is 12.5 Å². The number of nitrogens with zero attached hydrogens (tertiary/aromatic N) is 7. The molecule has 1 amide bonds. The summed E-state index contributed by atoms with van der Waals surface area (Å²) >= 11 is 5.88. The van der Waals surface area contributed by atoms with Gasteiger partial charge >= 0.3 is 15.0 Å². The van der Waals surface area contributed by atoms with Crippen LogP contribution in [-0.4, -0.2) is 120 Å². The number of nitrogens with one attached hydrogen (secondary N) is 2. The van der Waals surface area contributed by atoms with Gasteiger partial charge in [-0.3, -0.25) is 18.7 Å². The van der Waals surface area contributed by atoms with Crippen molar-refractivity contribution >= 4 is 69.0 Å². The van der Waals surface area contributed by atoms with Crippen molar-refractivity contribution in [1.29, 1.82) is 5.26 Å². The van der Waals surface area contributed by atoms with Gasteiger partial charge in [-0.15, -0.1) is 9.42 Å². The molecule has 6 heterocycles. The number of hydrogen-bond acceptors (Lipinski definition) is 18. The van der Waals surface area contributed by atoms with Gasteiger partial charge in [0, 0.05) is 16.3 Å². The van der Waals surface area contributed by atoms with E-state index >= 15 is 4.39 Å². The number of hydrogen-bond donors (Lipinski definition) is 5. The first-order valence-corrected chi connectivity index (χ1v) is 26.3. The molecule has 1 aromatic carbocycles. The smallest absolute Gasteiger partial charge is 0.406 e. The van der Waals surface area contributed by atoms with Crippen LogP contribution in [0.5, 0.6) is 0 Å². The molecular weight excluding hydrogens is 920 g/mol. The number of rotatable bonds is 17. The summed E-state index contributed by atoms with van der Waals surface area (Å²) in [4.78, 5) is 55.3. The van der Waals surface area contributed by atoms with E-state index in [4.69, 9.17) is 43.8 Å². The Balaban J connectivity index is 1.21. The van der Waals surface area contributed by atoms with Crippen LogP contribution in [0.3, 0.4) is 0 Å². The van der Waals surface area contributed by atoms with Crippen LogP contribution in [-0.2, 0) is 48.4 Å². The van der Waals surface area contributed by atoms with Crippen LogP contribution in [0.25, 0.3) is 22.2 Å². The lowest BCUT2D eigenvalue weighted by Crippen LogP contribution is -2.49. The number of carbonyl (C=O) groups is 1. The fourth-order valence-corrected chi connectivity index (χ4v) is 10.7. The van der Waals surface area contributed by atoms with E-state index in [1.165, 1.54) is 21.8 Å². The number of carbonyl (C=O) groups excluding carboxylic acids is 1. The van der Waals surface area contributed by atoms with Crippen molar-refractivity contribution in [3.63, 3.8) is 0 Å². The number of anilines is 1. The van der Waals surface area contributed by atoms with Crippen molar-refractivity contribution in [1.82, 2.24) is 34.1 Å². The lowest BCUT2D eigenvalue weighted by Gasteiger charge is -2.40. The average molecular weight is 965 g/mol. The van der Waals surface area contributed by atoms with Gasteiger partial charge in [-0.1, -0.05) is 39.0 Å². The molecule has 2 fully saturated rings. The maximum absolute atomic E-state index is 15.4. The zero-order valence-electron chi connectivity index (χ0n) is 34.9. The van der Waals surface area contributed by atoms with Crippen LogP contribution in [0.4, 0.5) is 10.2 Å². The predicted molar refractivity (Wildman–Crippen MR) is 229 cm³/mol. The molecule has 0 aliphatic carbocycles. The number of aliphatic hydroxyl groups is 2. The molecule has 342 valence electrons. The molecule has 2 saturated heterocycles. The monoisotopic (exact) mass is 964 g/mol. The number of benzene rings is 1. The first-order valence-electron chi connectivity index (χ1n) is 19.7. The number of aliphatic hydroxyl groups excluding tert-OH is 2. The van der Waals surface area contributed by atoms with Gasteiger partial charge in [0.1, 0.15) is 42.2 Å². The summed E-state index contributed by atoms with van der Waals surface area (Å²) in [6.07, 6.45) is -6.48. The Morgan fingerprint density at radius 3 is 2.48 bits per heavy atom. The second-order valence-corrected chi connectivity index (χ2v) is 24.6. The highest BCUT2D eigenvalue weighted by atomic mass is 32.5. The lowest BCUT2D eigenvalue weighted by atomic mass is 10.1. The standard InChI is InChI=1S/C37H44FN9O13P2SSi/c1-37(2,3)64(4,5)60-29-27(58-61(52)53)23(57-36(29)46-14-21(38)24-31(46)41-18-43-34(24)51)16-55-62(63,54-13-9-12-39)59-28-26(49)22(15-48)56-35(28)47-19-44-25-30(40-17-42-32(25)47)45-33(50)20-10-7-6-8-11-20/h6-8,10-11,14,17-19,22-23,26-29,35-36,48-49H,9,13,15-16H2,1-5H3,(H2-,40,41,42,43,45,50,51,52,53)/p+1/t22?,23?,26-,27-,28-,29?,35-,36-,62?/m1/s1. The zero-order chi connectivity index (χ0) is 46.1. The Hall–Kier alpha value is -4.35. The fourth-order valence-electron chi connectivity index (χ4n) is 6.90. The van der Waals surface area contributed by atoms with Crippen LogP contribution in [0, 0.1) is 17.1 Å². The first-order chi connectivity index (χ1) is 30.4. The Morgan fingerprint density at radius 2 is 1.80 bits per heavy atom. The number of imidazole rings is 1. The SMILES string of the molecule is CC(C)(C)[Si](C)(C)OC1[C@H](O[P+](=O)O)C(COP(=S)(OCCC#N)O[C@@H]2[C@H](O)C(CO)O[C@H]2n2cnc3c(NC(=O)c4ccccc4)ncnc32)O[C@H]1n1cc(F)c2c(=O)[nH]cnc21. The molecule has 64 heavy (non-hydrogen) atoms. The number of aromatic amines is 1. The topological polar surface area (TPSA) is 290 Å².